The Morgan fingerprint density at radius 2 is 0.820 bits per heavy atom. The van der Waals surface area contributed by atoms with Crippen molar-refractivity contribution in [2.24, 2.45) is 0 Å². The number of carbonyl (C=O) groups excluding carboxylic acids is 2. The van der Waals surface area contributed by atoms with Gasteiger partial charge in [-0.25, -0.2) is 0 Å². The second-order valence-electron chi connectivity index (χ2n) is 12.1. The van der Waals surface area contributed by atoms with E-state index in [4.69, 9.17) is 0 Å². The molecule has 6 aromatic carbocycles. The number of nitrogens with zero attached hydrogens (tertiary/aromatic N) is 3. The number of hydrogen-bond donors (Lipinski definition) is 1. The Labute approximate surface area is 291 Å². The number of carbonyl (C=O) groups is 2. The molecule has 2 aliphatic rings. The summed E-state index contributed by atoms with van der Waals surface area (Å²) in [6, 6.07) is 56.9. The highest BCUT2D eigenvalue weighted by Crippen LogP contribution is 2.44. The third-order valence-corrected chi connectivity index (χ3v) is 9.12. The first kappa shape index (κ1) is 30.7. The van der Waals surface area contributed by atoms with Gasteiger partial charge in [-0.05, 0) is 90.8 Å². The molecule has 6 heteroatoms. The fourth-order valence-electron chi connectivity index (χ4n) is 6.85. The standard InChI is InChI=1S/C44H34N4O2/c1-2-46-42(32-25-29-38(30-26-32)48(35-19-11-5-12-20-35)36-21-13-6-14-22-36)40-39(44(46)50)41(45-43(40)49)31-23-27-37(28-24-31)47(33-15-7-3-8-16-33)34-17-9-4-10-18-34/h3-30H,2H2,1H3,(H,45,49). The van der Waals surface area contributed by atoms with Crippen LogP contribution >= 0.6 is 0 Å². The van der Waals surface area contributed by atoms with E-state index in [0.717, 1.165) is 45.3 Å². The van der Waals surface area contributed by atoms with Gasteiger partial charge in [0.15, 0.2) is 0 Å². The molecule has 0 atom stereocenters. The summed E-state index contributed by atoms with van der Waals surface area (Å²) in [5.74, 6) is -0.447. The van der Waals surface area contributed by atoms with Crippen LogP contribution in [0, 0.1) is 0 Å². The Hall–Kier alpha value is -6.66. The van der Waals surface area contributed by atoms with E-state index in [1.165, 1.54) is 0 Å². The molecule has 0 saturated carbocycles. The number of nitrogens with one attached hydrogen (secondary N) is 1. The maximum atomic E-state index is 14.0. The summed E-state index contributed by atoms with van der Waals surface area (Å²) < 4.78 is 0. The molecule has 2 aliphatic heterocycles. The first-order valence-corrected chi connectivity index (χ1v) is 16.8. The maximum absolute atomic E-state index is 14.0. The van der Waals surface area contributed by atoms with Gasteiger partial charge in [0, 0.05) is 40.7 Å². The summed E-state index contributed by atoms with van der Waals surface area (Å²) in [5.41, 5.74) is 9.65. The molecule has 0 spiro atoms. The molecule has 0 saturated heterocycles. The van der Waals surface area contributed by atoms with Crippen LogP contribution in [0.15, 0.2) is 181 Å². The van der Waals surface area contributed by atoms with E-state index in [1.54, 1.807) is 4.90 Å². The van der Waals surface area contributed by atoms with Crippen molar-refractivity contribution >= 4 is 57.3 Å². The van der Waals surface area contributed by atoms with Crippen LogP contribution < -0.4 is 15.1 Å². The van der Waals surface area contributed by atoms with Gasteiger partial charge in [0.1, 0.15) is 0 Å². The highest BCUT2D eigenvalue weighted by molar-refractivity contribution is 6.30. The largest absolute Gasteiger partial charge is 0.321 e. The molecule has 6 nitrogen and oxygen atoms in total. The van der Waals surface area contributed by atoms with E-state index < -0.39 is 0 Å². The van der Waals surface area contributed by atoms with Crippen LogP contribution in [0.3, 0.4) is 0 Å². The Balaban J connectivity index is 1.17. The number of para-hydroxylation sites is 4. The van der Waals surface area contributed by atoms with Gasteiger partial charge in [0.2, 0.25) is 0 Å². The van der Waals surface area contributed by atoms with Gasteiger partial charge in [0.25, 0.3) is 11.8 Å². The third kappa shape index (κ3) is 5.43. The number of fused-ring (bicyclic) bond motifs is 1. The quantitative estimate of drug-likeness (QED) is 0.169. The molecule has 1 N–H and O–H groups in total. The average Bonchev–Trinajstić information content (AvgIpc) is 3.68. The topological polar surface area (TPSA) is 55.9 Å². The number of rotatable bonds is 9. The predicted molar refractivity (Wildman–Crippen MR) is 202 cm³/mol. The van der Waals surface area contributed by atoms with Crippen molar-refractivity contribution < 1.29 is 9.59 Å². The highest BCUT2D eigenvalue weighted by Gasteiger charge is 2.44. The van der Waals surface area contributed by atoms with E-state index in [2.05, 4.69) is 63.6 Å². The Kier molecular flexibility index (Phi) is 8.03. The molecule has 0 aromatic heterocycles. The van der Waals surface area contributed by atoms with Crippen molar-refractivity contribution in [2.75, 3.05) is 16.3 Å². The van der Waals surface area contributed by atoms with Crippen molar-refractivity contribution in [3.05, 3.63) is 192 Å². The molecule has 2 heterocycles. The monoisotopic (exact) mass is 650 g/mol. The molecular formula is C44H34N4O2. The van der Waals surface area contributed by atoms with Gasteiger partial charge in [0.05, 0.1) is 22.5 Å². The SMILES string of the molecule is CCN1C(=O)C2=C(c3ccc(N(c4ccccc4)c4ccccc4)cc3)NC(=O)C2=C1c1ccc(N(c2ccccc2)c2ccccc2)cc1. The lowest BCUT2D eigenvalue weighted by Crippen LogP contribution is -2.27. The lowest BCUT2D eigenvalue weighted by molar-refractivity contribution is -0.123. The molecule has 2 amide bonds. The van der Waals surface area contributed by atoms with Gasteiger partial charge < -0.3 is 20.0 Å². The zero-order valence-electron chi connectivity index (χ0n) is 27.5. The van der Waals surface area contributed by atoms with Gasteiger partial charge in [-0.15, -0.1) is 0 Å². The van der Waals surface area contributed by atoms with E-state index in [1.807, 2.05) is 128 Å². The van der Waals surface area contributed by atoms with E-state index >= 15 is 0 Å². The number of amides is 2. The lowest BCUT2D eigenvalue weighted by atomic mass is 10.0. The summed E-state index contributed by atoms with van der Waals surface area (Å²) in [6.07, 6.45) is 0. The Morgan fingerprint density at radius 3 is 1.20 bits per heavy atom. The van der Waals surface area contributed by atoms with E-state index in [0.29, 0.717) is 29.1 Å². The van der Waals surface area contributed by atoms with Gasteiger partial charge in [-0.2, -0.15) is 0 Å². The van der Waals surface area contributed by atoms with Crippen LogP contribution in [0.5, 0.6) is 0 Å². The summed E-state index contributed by atoms with van der Waals surface area (Å²) >= 11 is 0. The van der Waals surface area contributed by atoms with Crippen molar-refractivity contribution in [3.63, 3.8) is 0 Å². The highest BCUT2D eigenvalue weighted by atomic mass is 16.2. The van der Waals surface area contributed by atoms with E-state index in [9.17, 15) is 9.59 Å². The van der Waals surface area contributed by atoms with Crippen molar-refractivity contribution in [1.82, 2.24) is 10.2 Å². The first-order chi connectivity index (χ1) is 24.6. The van der Waals surface area contributed by atoms with Crippen molar-refractivity contribution in [2.45, 2.75) is 6.92 Å². The summed E-state index contributed by atoms with van der Waals surface area (Å²) in [4.78, 5) is 33.8. The van der Waals surface area contributed by atoms with Crippen LogP contribution in [0.25, 0.3) is 11.4 Å². The molecule has 50 heavy (non-hydrogen) atoms. The second-order valence-corrected chi connectivity index (χ2v) is 12.1. The number of benzene rings is 6. The zero-order chi connectivity index (χ0) is 34.0. The van der Waals surface area contributed by atoms with Gasteiger partial charge in [-0.1, -0.05) is 97.1 Å². The number of likely N-dealkylation sites (N-methyl/N-ethyl adjacent to an activating group) is 1. The van der Waals surface area contributed by atoms with Crippen LogP contribution in [0.2, 0.25) is 0 Å². The van der Waals surface area contributed by atoms with E-state index in [-0.39, 0.29) is 11.8 Å². The minimum absolute atomic E-state index is 0.176. The van der Waals surface area contributed by atoms with Crippen LogP contribution in [0.4, 0.5) is 34.1 Å². The zero-order valence-corrected chi connectivity index (χ0v) is 27.5. The maximum Gasteiger partial charge on any atom is 0.261 e. The van der Waals surface area contributed by atoms with Crippen molar-refractivity contribution in [1.29, 1.82) is 0 Å². The minimum Gasteiger partial charge on any atom is -0.321 e. The van der Waals surface area contributed by atoms with Crippen LogP contribution in [-0.4, -0.2) is 23.3 Å². The molecule has 0 fully saturated rings. The Bertz CT molecular complexity index is 2150. The summed E-state index contributed by atoms with van der Waals surface area (Å²) in [7, 11) is 0. The fraction of sp³-hybridized carbons (Fsp3) is 0.0455. The Morgan fingerprint density at radius 1 is 0.460 bits per heavy atom. The minimum atomic E-state index is -0.271. The molecule has 242 valence electrons. The molecule has 0 aliphatic carbocycles. The van der Waals surface area contributed by atoms with Gasteiger partial charge >= 0.3 is 0 Å². The van der Waals surface area contributed by atoms with Gasteiger partial charge in [-0.3, -0.25) is 9.59 Å². The second kappa shape index (κ2) is 13.1. The average molecular weight is 651 g/mol. The number of anilines is 6. The normalized spacial score (nSPS) is 13.8. The summed E-state index contributed by atoms with van der Waals surface area (Å²) in [6.45, 7) is 2.38. The van der Waals surface area contributed by atoms with Crippen LogP contribution in [-0.2, 0) is 9.59 Å². The molecule has 0 radical (unpaired) electrons. The molecule has 6 aromatic rings. The molecular weight excluding hydrogens is 617 g/mol. The lowest BCUT2D eigenvalue weighted by Gasteiger charge is -2.26. The number of hydrogen-bond acceptors (Lipinski definition) is 4. The molecule has 0 bridgehead atoms. The first-order valence-electron chi connectivity index (χ1n) is 16.8. The van der Waals surface area contributed by atoms with Crippen LogP contribution in [0.1, 0.15) is 18.1 Å². The summed E-state index contributed by atoms with van der Waals surface area (Å²) in [5, 5.41) is 3.05. The smallest absolute Gasteiger partial charge is 0.261 e. The molecule has 8 rings (SSSR count). The molecule has 0 unspecified atom stereocenters. The fourth-order valence-corrected chi connectivity index (χ4v) is 6.85. The predicted octanol–water partition coefficient (Wildman–Crippen LogP) is 9.74. The third-order valence-electron chi connectivity index (χ3n) is 9.12. The van der Waals surface area contributed by atoms with Crippen molar-refractivity contribution in [3.8, 4) is 0 Å².